The van der Waals surface area contributed by atoms with E-state index in [1.807, 2.05) is 11.3 Å². The van der Waals surface area contributed by atoms with Crippen LogP contribution in [0, 0.1) is 5.92 Å². The molecular formula is C16H24N2OS. The van der Waals surface area contributed by atoms with Crippen molar-refractivity contribution in [3.05, 3.63) is 22.4 Å². The molecule has 4 heteroatoms. The van der Waals surface area contributed by atoms with E-state index >= 15 is 0 Å². The molecule has 0 spiro atoms. The van der Waals surface area contributed by atoms with Crippen LogP contribution in [0.3, 0.4) is 0 Å². The monoisotopic (exact) mass is 292 g/mol. The Labute approximate surface area is 125 Å². The number of piperidine rings is 1. The lowest BCUT2D eigenvalue weighted by molar-refractivity contribution is -0.134. The van der Waals surface area contributed by atoms with E-state index in [9.17, 15) is 4.79 Å². The third-order valence-electron chi connectivity index (χ3n) is 4.58. The van der Waals surface area contributed by atoms with Gasteiger partial charge in [0.1, 0.15) is 0 Å². The number of rotatable bonds is 3. The maximum absolute atomic E-state index is 12.5. The highest BCUT2D eigenvalue weighted by Gasteiger charge is 2.30. The minimum absolute atomic E-state index is 0.333. The summed E-state index contributed by atoms with van der Waals surface area (Å²) in [4.78, 5) is 18.4. The highest BCUT2D eigenvalue weighted by Crippen LogP contribution is 2.34. The standard InChI is InChI=1S/C16H24N2OS/c1-13-5-2-9-18(11-13)16(19)12-17-8-3-6-14(17)15-7-4-10-20-15/h4,7,10,13-14H,2-3,5-6,8-9,11-12H2,1H3/t13-,14+/m1/s1. The predicted molar refractivity (Wildman–Crippen MR) is 82.8 cm³/mol. The van der Waals surface area contributed by atoms with Gasteiger partial charge in [-0.3, -0.25) is 9.69 Å². The largest absolute Gasteiger partial charge is 0.341 e. The molecule has 0 unspecified atom stereocenters. The maximum atomic E-state index is 12.5. The molecule has 1 aromatic rings. The first-order valence-electron chi connectivity index (χ1n) is 7.79. The second kappa shape index (κ2) is 6.27. The zero-order chi connectivity index (χ0) is 13.9. The van der Waals surface area contributed by atoms with Gasteiger partial charge in [-0.25, -0.2) is 0 Å². The first kappa shape index (κ1) is 14.1. The van der Waals surface area contributed by atoms with Gasteiger partial charge in [-0.2, -0.15) is 0 Å². The summed E-state index contributed by atoms with van der Waals surface area (Å²) in [5.41, 5.74) is 0. The molecule has 0 N–H and O–H groups in total. The van der Waals surface area contributed by atoms with E-state index in [1.54, 1.807) is 0 Å². The van der Waals surface area contributed by atoms with Gasteiger partial charge in [0.15, 0.2) is 0 Å². The van der Waals surface area contributed by atoms with Gasteiger partial charge >= 0.3 is 0 Å². The van der Waals surface area contributed by atoms with Crippen LogP contribution < -0.4 is 0 Å². The number of hydrogen-bond donors (Lipinski definition) is 0. The molecule has 2 aliphatic heterocycles. The van der Waals surface area contributed by atoms with E-state index < -0.39 is 0 Å². The van der Waals surface area contributed by atoms with E-state index in [1.165, 1.54) is 30.6 Å². The predicted octanol–water partition coefficient (Wildman–Crippen LogP) is 3.14. The number of carbonyl (C=O) groups excluding carboxylic acids is 1. The molecular weight excluding hydrogens is 268 g/mol. The molecule has 110 valence electrons. The van der Waals surface area contributed by atoms with Crippen molar-refractivity contribution >= 4 is 17.2 Å². The Balaban J connectivity index is 1.60. The van der Waals surface area contributed by atoms with E-state index in [2.05, 4.69) is 34.2 Å². The van der Waals surface area contributed by atoms with Gasteiger partial charge in [0.25, 0.3) is 0 Å². The van der Waals surface area contributed by atoms with Crippen LogP contribution in [-0.2, 0) is 4.79 Å². The van der Waals surface area contributed by atoms with Crippen molar-refractivity contribution in [3.8, 4) is 0 Å². The lowest BCUT2D eigenvalue weighted by Crippen LogP contribution is -2.44. The smallest absolute Gasteiger partial charge is 0.236 e. The van der Waals surface area contributed by atoms with Crippen LogP contribution in [0.5, 0.6) is 0 Å². The first-order chi connectivity index (χ1) is 9.74. The number of nitrogens with zero attached hydrogens (tertiary/aromatic N) is 2. The number of carbonyl (C=O) groups is 1. The van der Waals surface area contributed by atoms with E-state index in [-0.39, 0.29) is 0 Å². The van der Waals surface area contributed by atoms with Crippen molar-refractivity contribution in [1.29, 1.82) is 0 Å². The fourth-order valence-corrected chi connectivity index (χ4v) is 4.40. The van der Waals surface area contributed by atoms with Crippen LogP contribution in [0.4, 0.5) is 0 Å². The van der Waals surface area contributed by atoms with E-state index in [0.717, 1.165) is 19.6 Å². The van der Waals surface area contributed by atoms with Crippen LogP contribution in [-0.4, -0.2) is 41.9 Å². The van der Waals surface area contributed by atoms with Crippen LogP contribution in [0.2, 0.25) is 0 Å². The zero-order valence-corrected chi connectivity index (χ0v) is 13.1. The molecule has 0 radical (unpaired) electrons. The minimum Gasteiger partial charge on any atom is -0.341 e. The summed E-state index contributed by atoms with van der Waals surface area (Å²) in [5.74, 6) is 0.999. The zero-order valence-electron chi connectivity index (χ0n) is 12.3. The average molecular weight is 292 g/mol. The summed E-state index contributed by atoms with van der Waals surface area (Å²) in [6.45, 7) is 5.84. The van der Waals surface area contributed by atoms with Gasteiger partial charge in [0.2, 0.25) is 5.91 Å². The van der Waals surface area contributed by atoms with Gasteiger partial charge in [0.05, 0.1) is 6.54 Å². The minimum atomic E-state index is 0.333. The topological polar surface area (TPSA) is 23.6 Å². The fourth-order valence-electron chi connectivity index (χ4n) is 3.51. The Morgan fingerprint density at radius 2 is 2.20 bits per heavy atom. The molecule has 1 aromatic heterocycles. The molecule has 3 rings (SSSR count). The average Bonchev–Trinajstić information content (AvgIpc) is 3.08. The van der Waals surface area contributed by atoms with Crippen molar-refractivity contribution in [2.24, 2.45) is 5.92 Å². The normalized spacial score (nSPS) is 27.9. The summed E-state index contributed by atoms with van der Waals surface area (Å²) in [5, 5.41) is 2.14. The number of hydrogen-bond acceptors (Lipinski definition) is 3. The van der Waals surface area contributed by atoms with Gasteiger partial charge in [0, 0.05) is 24.0 Å². The molecule has 2 atom stereocenters. The van der Waals surface area contributed by atoms with Gasteiger partial charge in [-0.15, -0.1) is 11.3 Å². The molecule has 3 heterocycles. The summed E-state index contributed by atoms with van der Waals surface area (Å²) in [6, 6.07) is 4.80. The number of thiophene rings is 1. The highest BCUT2D eigenvalue weighted by molar-refractivity contribution is 7.10. The summed E-state index contributed by atoms with van der Waals surface area (Å²) < 4.78 is 0. The lowest BCUT2D eigenvalue weighted by Gasteiger charge is -2.33. The summed E-state index contributed by atoms with van der Waals surface area (Å²) >= 11 is 1.82. The van der Waals surface area contributed by atoms with Crippen molar-refractivity contribution < 1.29 is 4.79 Å². The molecule has 2 fully saturated rings. The van der Waals surface area contributed by atoms with Crippen LogP contribution in [0.25, 0.3) is 0 Å². The third kappa shape index (κ3) is 3.07. The van der Waals surface area contributed by atoms with Gasteiger partial charge in [-0.1, -0.05) is 13.0 Å². The Hall–Kier alpha value is -0.870. The Kier molecular flexibility index (Phi) is 4.41. The van der Waals surface area contributed by atoms with Gasteiger partial charge in [-0.05, 0) is 49.6 Å². The number of amides is 1. The maximum Gasteiger partial charge on any atom is 0.236 e. The first-order valence-corrected chi connectivity index (χ1v) is 8.67. The van der Waals surface area contributed by atoms with E-state index in [4.69, 9.17) is 0 Å². The van der Waals surface area contributed by atoms with Crippen molar-refractivity contribution in [2.45, 2.75) is 38.6 Å². The van der Waals surface area contributed by atoms with Crippen molar-refractivity contribution in [1.82, 2.24) is 9.80 Å². The Morgan fingerprint density at radius 1 is 1.35 bits per heavy atom. The second-order valence-corrected chi connectivity index (χ2v) is 7.21. The second-order valence-electron chi connectivity index (χ2n) is 6.23. The van der Waals surface area contributed by atoms with E-state index in [0.29, 0.717) is 24.4 Å². The van der Waals surface area contributed by atoms with Crippen LogP contribution >= 0.6 is 11.3 Å². The summed E-state index contributed by atoms with van der Waals surface area (Å²) in [7, 11) is 0. The molecule has 3 nitrogen and oxygen atoms in total. The molecule has 20 heavy (non-hydrogen) atoms. The van der Waals surface area contributed by atoms with Gasteiger partial charge < -0.3 is 4.90 Å². The molecule has 2 saturated heterocycles. The fraction of sp³-hybridized carbons (Fsp3) is 0.688. The molecule has 0 saturated carbocycles. The van der Waals surface area contributed by atoms with Crippen molar-refractivity contribution in [3.63, 3.8) is 0 Å². The molecule has 0 aliphatic carbocycles. The van der Waals surface area contributed by atoms with Crippen molar-refractivity contribution in [2.75, 3.05) is 26.2 Å². The molecule has 0 bridgehead atoms. The highest BCUT2D eigenvalue weighted by atomic mass is 32.1. The van der Waals surface area contributed by atoms with Crippen LogP contribution in [0.15, 0.2) is 17.5 Å². The Morgan fingerprint density at radius 3 is 2.95 bits per heavy atom. The number of likely N-dealkylation sites (tertiary alicyclic amines) is 2. The molecule has 2 aliphatic rings. The SMILES string of the molecule is C[C@@H]1CCCN(C(=O)CN2CCC[C@H]2c2cccs2)C1. The molecule has 0 aromatic carbocycles. The Bertz CT molecular complexity index is 445. The summed E-state index contributed by atoms with van der Waals surface area (Å²) in [6.07, 6.45) is 4.85. The van der Waals surface area contributed by atoms with Crippen LogP contribution in [0.1, 0.15) is 43.5 Å². The lowest BCUT2D eigenvalue weighted by atomic mass is 10.0. The third-order valence-corrected chi connectivity index (χ3v) is 5.56. The quantitative estimate of drug-likeness (QED) is 0.854. The molecule has 1 amide bonds.